The SMILES string of the molecule is COCc1ccoc1C(C)(N)CO. The Labute approximate surface area is 77.3 Å². The van der Waals surface area contributed by atoms with Crippen LogP contribution in [-0.4, -0.2) is 18.8 Å². The van der Waals surface area contributed by atoms with Crippen molar-refractivity contribution in [3.05, 3.63) is 23.7 Å². The number of hydrogen-bond acceptors (Lipinski definition) is 4. The topological polar surface area (TPSA) is 68.6 Å². The molecule has 1 rings (SSSR count). The number of hydrogen-bond donors (Lipinski definition) is 2. The van der Waals surface area contributed by atoms with Crippen LogP contribution in [0.5, 0.6) is 0 Å². The maximum Gasteiger partial charge on any atom is 0.131 e. The van der Waals surface area contributed by atoms with E-state index in [2.05, 4.69) is 0 Å². The van der Waals surface area contributed by atoms with Crippen LogP contribution in [0.4, 0.5) is 0 Å². The van der Waals surface area contributed by atoms with Crippen LogP contribution >= 0.6 is 0 Å². The average Bonchev–Trinajstić information content (AvgIpc) is 2.54. The van der Waals surface area contributed by atoms with E-state index in [0.29, 0.717) is 12.4 Å². The van der Waals surface area contributed by atoms with Crippen LogP contribution in [0.25, 0.3) is 0 Å². The van der Waals surface area contributed by atoms with Crippen molar-refractivity contribution < 1.29 is 14.3 Å². The lowest BCUT2D eigenvalue weighted by Crippen LogP contribution is -2.37. The van der Waals surface area contributed by atoms with Crippen molar-refractivity contribution >= 4 is 0 Å². The minimum atomic E-state index is -0.836. The Kier molecular flexibility index (Phi) is 3.08. The van der Waals surface area contributed by atoms with E-state index in [-0.39, 0.29) is 6.61 Å². The number of aliphatic hydroxyl groups is 1. The normalized spacial score (nSPS) is 15.7. The second kappa shape index (κ2) is 3.91. The van der Waals surface area contributed by atoms with Crippen LogP contribution in [0.3, 0.4) is 0 Å². The van der Waals surface area contributed by atoms with Gasteiger partial charge in [-0.05, 0) is 13.0 Å². The summed E-state index contributed by atoms with van der Waals surface area (Å²) in [6, 6.07) is 1.79. The number of nitrogens with two attached hydrogens (primary N) is 1. The fourth-order valence-electron chi connectivity index (χ4n) is 1.18. The fourth-order valence-corrected chi connectivity index (χ4v) is 1.18. The lowest BCUT2D eigenvalue weighted by Gasteiger charge is -2.20. The van der Waals surface area contributed by atoms with Crippen LogP contribution in [0.2, 0.25) is 0 Å². The van der Waals surface area contributed by atoms with Gasteiger partial charge in [0.1, 0.15) is 5.76 Å². The van der Waals surface area contributed by atoms with Crippen molar-refractivity contribution in [1.29, 1.82) is 0 Å². The number of aliphatic hydroxyl groups excluding tert-OH is 1. The molecule has 0 fully saturated rings. The van der Waals surface area contributed by atoms with Crippen LogP contribution in [0.15, 0.2) is 16.7 Å². The molecule has 4 nitrogen and oxygen atoms in total. The lowest BCUT2D eigenvalue weighted by molar-refractivity contribution is 0.166. The Morgan fingerprint density at radius 2 is 2.38 bits per heavy atom. The maximum absolute atomic E-state index is 9.03. The van der Waals surface area contributed by atoms with E-state index in [1.807, 2.05) is 0 Å². The molecule has 74 valence electrons. The summed E-state index contributed by atoms with van der Waals surface area (Å²) in [5.41, 5.74) is 5.85. The second-order valence-corrected chi connectivity index (χ2v) is 3.28. The number of rotatable bonds is 4. The molecule has 0 saturated carbocycles. The van der Waals surface area contributed by atoms with E-state index in [1.165, 1.54) is 0 Å². The average molecular weight is 185 g/mol. The first kappa shape index (κ1) is 10.2. The molecule has 1 atom stereocenters. The standard InChI is InChI=1S/C9H15NO3/c1-9(10,6-11)8-7(5-12-2)3-4-13-8/h3-4,11H,5-6,10H2,1-2H3. The number of methoxy groups -OCH3 is 1. The van der Waals surface area contributed by atoms with Crippen molar-refractivity contribution in [2.24, 2.45) is 5.73 Å². The van der Waals surface area contributed by atoms with Crippen molar-refractivity contribution in [3.8, 4) is 0 Å². The van der Waals surface area contributed by atoms with E-state index in [9.17, 15) is 0 Å². The van der Waals surface area contributed by atoms with Crippen molar-refractivity contribution in [2.45, 2.75) is 19.1 Å². The van der Waals surface area contributed by atoms with E-state index in [0.717, 1.165) is 5.56 Å². The Bertz CT molecular complexity index is 268. The number of furan rings is 1. The van der Waals surface area contributed by atoms with Gasteiger partial charge in [0.15, 0.2) is 0 Å². The molecule has 1 heterocycles. The zero-order valence-corrected chi connectivity index (χ0v) is 7.91. The summed E-state index contributed by atoms with van der Waals surface area (Å²) in [6.07, 6.45) is 1.55. The summed E-state index contributed by atoms with van der Waals surface area (Å²) >= 11 is 0. The van der Waals surface area contributed by atoms with Gasteiger partial charge in [-0.3, -0.25) is 0 Å². The first-order chi connectivity index (χ1) is 6.11. The zero-order valence-electron chi connectivity index (χ0n) is 7.91. The number of ether oxygens (including phenoxy) is 1. The molecule has 0 aromatic carbocycles. The highest BCUT2D eigenvalue weighted by Crippen LogP contribution is 2.23. The lowest BCUT2D eigenvalue weighted by atomic mass is 9.98. The summed E-state index contributed by atoms with van der Waals surface area (Å²) in [7, 11) is 1.60. The monoisotopic (exact) mass is 185 g/mol. The smallest absolute Gasteiger partial charge is 0.131 e. The van der Waals surface area contributed by atoms with Crippen LogP contribution in [0.1, 0.15) is 18.2 Å². The first-order valence-electron chi connectivity index (χ1n) is 4.07. The maximum atomic E-state index is 9.03. The van der Waals surface area contributed by atoms with E-state index < -0.39 is 5.54 Å². The van der Waals surface area contributed by atoms with Gasteiger partial charge in [-0.1, -0.05) is 0 Å². The summed E-state index contributed by atoms with van der Waals surface area (Å²) in [5, 5.41) is 9.03. The van der Waals surface area contributed by atoms with Gasteiger partial charge in [0, 0.05) is 12.7 Å². The van der Waals surface area contributed by atoms with Gasteiger partial charge in [-0.25, -0.2) is 0 Å². The molecule has 0 bridgehead atoms. The predicted molar refractivity (Wildman–Crippen MR) is 48.0 cm³/mol. The van der Waals surface area contributed by atoms with Crippen LogP contribution in [0, 0.1) is 0 Å². The molecule has 0 radical (unpaired) electrons. The van der Waals surface area contributed by atoms with Crippen molar-refractivity contribution in [3.63, 3.8) is 0 Å². The third-order valence-electron chi connectivity index (χ3n) is 1.89. The van der Waals surface area contributed by atoms with Gasteiger partial charge in [0.05, 0.1) is 25.0 Å². The molecule has 0 aliphatic rings. The van der Waals surface area contributed by atoms with Gasteiger partial charge >= 0.3 is 0 Å². The van der Waals surface area contributed by atoms with E-state index in [4.69, 9.17) is 20.0 Å². The first-order valence-corrected chi connectivity index (χ1v) is 4.07. The molecule has 1 unspecified atom stereocenters. The summed E-state index contributed by atoms with van der Waals surface area (Å²) in [5.74, 6) is 0.580. The van der Waals surface area contributed by atoms with E-state index in [1.54, 1.807) is 26.4 Å². The molecular formula is C9H15NO3. The van der Waals surface area contributed by atoms with E-state index >= 15 is 0 Å². The van der Waals surface area contributed by atoms with Gasteiger partial charge in [0.25, 0.3) is 0 Å². The molecule has 13 heavy (non-hydrogen) atoms. The minimum Gasteiger partial charge on any atom is -0.467 e. The Morgan fingerprint density at radius 1 is 1.69 bits per heavy atom. The van der Waals surface area contributed by atoms with Crippen LogP contribution < -0.4 is 5.73 Å². The highest BCUT2D eigenvalue weighted by molar-refractivity contribution is 5.23. The largest absolute Gasteiger partial charge is 0.467 e. The van der Waals surface area contributed by atoms with Crippen molar-refractivity contribution in [2.75, 3.05) is 13.7 Å². The summed E-state index contributed by atoms with van der Waals surface area (Å²) < 4.78 is 10.2. The van der Waals surface area contributed by atoms with Crippen LogP contribution in [-0.2, 0) is 16.9 Å². The molecule has 0 spiro atoms. The molecule has 0 amide bonds. The Hall–Kier alpha value is -0.840. The van der Waals surface area contributed by atoms with Gasteiger partial charge in [-0.15, -0.1) is 0 Å². The second-order valence-electron chi connectivity index (χ2n) is 3.28. The Balaban J connectivity index is 2.93. The summed E-state index contributed by atoms with van der Waals surface area (Å²) in [6.45, 7) is 2.00. The van der Waals surface area contributed by atoms with Gasteiger partial charge < -0.3 is 20.0 Å². The third-order valence-corrected chi connectivity index (χ3v) is 1.89. The third kappa shape index (κ3) is 2.09. The molecule has 1 aromatic heterocycles. The molecular weight excluding hydrogens is 170 g/mol. The molecule has 1 aromatic rings. The molecule has 0 saturated heterocycles. The minimum absolute atomic E-state index is 0.156. The van der Waals surface area contributed by atoms with Gasteiger partial charge in [0.2, 0.25) is 0 Å². The molecule has 4 heteroatoms. The quantitative estimate of drug-likeness (QED) is 0.720. The predicted octanol–water partition coefficient (Wildman–Crippen LogP) is 0.592. The molecule has 0 aliphatic heterocycles. The molecule has 0 aliphatic carbocycles. The Morgan fingerprint density at radius 3 is 2.92 bits per heavy atom. The molecule has 3 N–H and O–H groups in total. The van der Waals surface area contributed by atoms with Crippen molar-refractivity contribution in [1.82, 2.24) is 0 Å². The zero-order chi connectivity index (χ0) is 9.90. The van der Waals surface area contributed by atoms with Gasteiger partial charge in [-0.2, -0.15) is 0 Å². The summed E-state index contributed by atoms with van der Waals surface area (Å²) in [4.78, 5) is 0. The highest BCUT2D eigenvalue weighted by atomic mass is 16.5. The highest BCUT2D eigenvalue weighted by Gasteiger charge is 2.26. The fraction of sp³-hybridized carbons (Fsp3) is 0.556.